The summed E-state index contributed by atoms with van der Waals surface area (Å²) in [6.07, 6.45) is 1.09. The molecule has 1 saturated heterocycles. The number of hydrogen-bond acceptors (Lipinski definition) is 2. The molecular formula is C11H26N5+. The van der Waals surface area contributed by atoms with E-state index in [1.807, 2.05) is 0 Å². The summed E-state index contributed by atoms with van der Waals surface area (Å²) in [7, 11) is 6.59. The number of aliphatic imine (C=N–C) groups is 1. The molecule has 0 aromatic heterocycles. The first-order valence-electron chi connectivity index (χ1n) is 6.05. The maximum Gasteiger partial charge on any atom is 0.191 e. The Morgan fingerprint density at radius 1 is 1.31 bits per heavy atom. The van der Waals surface area contributed by atoms with Crippen LogP contribution in [-0.2, 0) is 0 Å². The summed E-state index contributed by atoms with van der Waals surface area (Å²) in [5, 5.41) is 3.30. The summed E-state index contributed by atoms with van der Waals surface area (Å²) in [5.74, 6) is 0.711. The Morgan fingerprint density at radius 2 is 1.94 bits per heavy atom. The highest BCUT2D eigenvalue weighted by molar-refractivity contribution is 5.78. The van der Waals surface area contributed by atoms with Gasteiger partial charge in [0.1, 0.15) is 0 Å². The second kappa shape index (κ2) is 6.06. The van der Waals surface area contributed by atoms with Gasteiger partial charge >= 0.3 is 0 Å². The molecule has 0 aliphatic carbocycles. The number of hydrogen-bond donors (Lipinski definition) is 2. The second-order valence-corrected chi connectivity index (χ2v) is 5.34. The Hall–Kier alpha value is -0.810. The van der Waals surface area contributed by atoms with Crippen LogP contribution < -0.4 is 11.1 Å². The number of piperazine rings is 1. The largest absolute Gasteiger partial charge is 0.370 e. The molecule has 0 saturated carbocycles. The molecule has 1 aliphatic rings. The lowest BCUT2D eigenvalue weighted by Crippen LogP contribution is -2.49. The minimum absolute atomic E-state index is 0.711. The molecule has 0 unspecified atom stereocenters. The van der Waals surface area contributed by atoms with Crippen LogP contribution in [0.1, 0.15) is 6.42 Å². The van der Waals surface area contributed by atoms with Gasteiger partial charge in [-0.25, -0.2) is 0 Å². The van der Waals surface area contributed by atoms with E-state index in [-0.39, 0.29) is 0 Å². The Bertz CT molecular complexity index is 225. The number of quaternary nitrogens is 1. The predicted molar refractivity (Wildman–Crippen MR) is 68.4 cm³/mol. The van der Waals surface area contributed by atoms with Crippen molar-refractivity contribution in [2.75, 3.05) is 60.4 Å². The van der Waals surface area contributed by atoms with Gasteiger partial charge in [0, 0.05) is 39.1 Å². The van der Waals surface area contributed by atoms with Crippen LogP contribution in [0.4, 0.5) is 0 Å². The Kier molecular flexibility index (Phi) is 5.02. The van der Waals surface area contributed by atoms with E-state index in [0.717, 1.165) is 50.2 Å². The van der Waals surface area contributed by atoms with Crippen LogP contribution in [0, 0.1) is 0 Å². The number of nitrogens with zero attached hydrogens (tertiary/aromatic N) is 3. The molecule has 94 valence electrons. The molecule has 0 bridgehead atoms. The van der Waals surface area contributed by atoms with Gasteiger partial charge in [-0.15, -0.1) is 0 Å². The van der Waals surface area contributed by atoms with Crippen LogP contribution >= 0.6 is 0 Å². The van der Waals surface area contributed by atoms with E-state index in [1.54, 1.807) is 0 Å². The minimum atomic E-state index is 0.711. The Labute approximate surface area is 98.9 Å². The third-order valence-electron chi connectivity index (χ3n) is 2.70. The van der Waals surface area contributed by atoms with Gasteiger partial charge in [-0.1, -0.05) is 0 Å². The van der Waals surface area contributed by atoms with Gasteiger partial charge in [-0.05, 0) is 0 Å². The van der Waals surface area contributed by atoms with Gasteiger partial charge in [0.15, 0.2) is 5.96 Å². The fraction of sp³-hybridized carbons (Fsp3) is 0.909. The summed E-state index contributed by atoms with van der Waals surface area (Å²) < 4.78 is 0.989. The summed E-state index contributed by atoms with van der Waals surface area (Å²) in [4.78, 5) is 6.59. The fourth-order valence-electron chi connectivity index (χ4n) is 1.73. The first-order valence-corrected chi connectivity index (χ1v) is 6.05. The zero-order valence-corrected chi connectivity index (χ0v) is 10.9. The SMILES string of the molecule is C[N+](C)(C)CCCN=C(N)N1CCNCC1. The first-order chi connectivity index (χ1) is 7.49. The van der Waals surface area contributed by atoms with Crippen molar-refractivity contribution >= 4 is 5.96 Å². The number of nitrogens with two attached hydrogens (primary N) is 1. The molecule has 16 heavy (non-hydrogen) atoms. The molecule has 5 heteroatoms. The normalized spacial score (nSPS) is 18.9. The van der Waals surface area contributed by atoms with Crippen molar-refractivity contribution in [2.45, 2.75) is 6.42 Å². The molecule has 0 radical (unpaired) electrons. The van der Waals surface area contributed by atoms with E-state index in [1.165, 1.54) is 0 Å². The lowest BCUT2D eigenvalue weighted by molar-refractivity contribution is -0.870. The van der Waals surface area contributed by atoms with Crippen LogP contribution in [0.15, 0.2) is 4.99 Å². The maximum absolute atomic E-state index is 5.94. The average Bonchev–Trinajstić information content (AvgIpc) is 2.24. The fourth-order valence-corrected chi connectivity index (χ4v) is 1.73. The van der Waals surface area contributed by atoms with Crippen LogP contribution in [0.2, 0.25) is 0 Å². The van der Waals surface area contributed by atoms with Crippen molar-refractivity contribution in [1.29, 1.82) is 0 Å². The minimum Gasteiger partial charge on any atom is -0.370 e. The molecule has 1 heterocycles. The molecular weight excluding hydrogens is 202 g/mol. The van der Waals surface area contributed by atoms with Crippen LogP contribution in [0.5, 0.6) is 0 Å². The van der Waals surface area contributed by atoms with Gasteiger partial charge in [-0.3, -0.25) is 4.99 Å². The third kappa shape index (κ3) is 5.32. The molecule has 0 spiro atoms. The third-order valence-corrected chi connectivity index (χ3v) is 2.70. The summed E-state index contributed by atoms with van der Waals surface area (Å²) in [5.41, 5.74) is 5.94. The zero-order chi connectivity index (χ0) is 12.0. The number of guanidine groups is 1. The van der Waals surface area contributed by atoms with Gasteiger partial charge in [-0.2, -0.15) is 0 Å². The predicted octanol–water partition coefficient (Wildman–Crippen LogP) is -0.697. The molecule has 5 nitrogen and oxygen atoms in total. The van der Waals surface area contributed by atoms with Crippen molar-refractivity contribution in [3.63, 3.8) is 0 Å². The van der Waals surface area contributed by atoms with Crippen LogP contribution in [0.25, 0.3) is 0 Å². The van der Waals surface area contributed by atoms with E-state index in [0.29, 0.717) is 5.96 Å². The van der Waals surface area contributed by atoms with Crippen molar-refractivity contribution < 1.29 is 4.48 Å². The van der Waals surface area contributed by atoms with Crippen molar-refractivity contribution in [1.82, 2.24) is 10.2 Å². The molecule has 0 aromatic rings. The molecule has 3 N–H and O–H groups in total. The van der Waals surface area contributed by atoms with E-state index in [9.17, 15) is 0 Å². The van der Waals surface area contributed by atoms with Crippen LogP contribution in [-0.4, -0.2) is 75.8 Å². The van der Waals surface area contributed by atoms with Crippen molar-refractivity contribution in [2.24, 2.45) is 10.7 Å². The Morgan fingerprint density at radius 3 is 2.50 bits per heavy atom. The molecule has 1 fully saturated rings. The summed E-state index contributed by atoms with van der Waals surface area (Å²) >= 11 is 0. The highest BCUT2D eigenvalue weighted by Gasteiger charge is 2.11. The average molecular weight is 228 g/mol. The molecule has 1 aliphatic heterocycles. The summed E-state index contributed by atoms with van der Waals surface area (Å²) in [6, 6.07) is 0. The maximum atomic E-state index is 5.94. The number of rotatable bonds is 4. The van der Waals surface area contributed by atoms with E-state index in [2.05, 4.69) is 36.4 Å². The standard InChI is InChI=1S/C11H26N5/c1-16(2,3)10-4-5-14-11(12)15-8-6-13-7-9-15/h13H,4-10H2,1-3H3,(H2,12,14)/q+1. The smallest absolute Gasteiger partial charge is 0.191 e. The lowest BCUT2D eigenvalue weighted by Gasteiger charge is -2.28. The van der Waals surface area contributed by atoms with Gasteiger partial charge < -0.3 is 20.4 Å². The monoisotopic (exact) mass is 228 g/mol. The molecule has 0 amide bonds. The van der Waals surface area contributed by atoms with Crippen LogP contribution in [0.3, 0.4) is 0 Å². The van der Waals surface area contributed by atoms with E-state index in [4.69, 9.17) is 5.73 Å². The highest BCUT2D eigenvalue weighted by Crippen LogP contribution is 1.96. The highest BCUT2D eigenvalue weighted by atomic mass is 15.3. The van der Waals surface area contributed by atoms with Gasteiger partial charge in [0.05, 0.1) is 27.7 Å². The number of nitrogens with one attached hydrogen (secondary N) is 1. The first kappa shape index (κ1) is 13.3. The molecule has 0 aromatic carbocycles. The van der Waals surface area contributed by atoms with Gasteiger partial charge in [0.2, 0.25) is 0 Å². The van der Waals surface area contributed by atoms with E-state index >= 15 is 0 Å². The Balaban J connectivity index is 2.22. The quantitative estimate of drug-likeness (QED) is 0.290. The summed E-state index contributed by atoms with van der Waals surface area (Å²) in [6.45, 7) is 5.95. The van der Waals surface area contributed by atoms with Gasteiger partial charge in [0.25, 0.3) is 0 Å². The van der Waals surface area contributed by atoms with E-state index < -0.39 is 0 Å². The molecule has 1 rings (SSSR count). The van der Waals surface area contributed by atoms with Crippen molar-refractivity contribution in [3.8, 4) is 0 Å². The molecule has 0 atom stereocenters. The lowest BCUT2D eigenvalue weighted by atomic mass is 10.3. The topological polar surface area (TPSA) is 53.6 Å². The van der Waals surface area contributed by atoms with Crippen molar-refractivity contribution in [3.05, 3.63) is 0 Å². The second-order valence-electron chi connectivity index (χ2n) is 5.34. The zero-order valence-electron chi connectivity index (χ0n) is 10.9.